The molecule has 1 atom stereocenters. The van der Waals surface area contributed by atoms with Crippen molar-refractivity contribution in [3.63, 3.8) is 0 Å². The predicted octanol–water partition coefficient (Wildman–Crippen LogP) is 0.189. The number of carbonyl (C=O) groups is 3. The Morgan fingerprint density at radius 3 is 2.71 bits per heavy atom. The molecule has 3 amide bonds. The molecule has 0 spiro atoms. The van der Waals surface area contributed by atoms with E-state index in [-0.39, 0.29) is 24.1 Å². The number of benzene rings is 1. The molecular formula is C24H31N7O3. The fraction of sp³-hybridized carbons (Fsp3) is 0.500. The molecule has 2 fully saturated rings. The van der Waals surface area contributed by atoms with Gasteiger partial charge < -0.3 is 20.4 Å². The van der Waals surface area contributed by atoms with E-state index >= 15 is 0 Å². The largest absolute Gasteiger partial charge is 0.354 e. The van der Waals surface area contributed by atoms with Gasteiger partial charge in [-0.1, -0.05) is 18.2 Å². The molecule has 1 unspecified atom stereocenters. The summed E-state index contributed by atoms with van der Waals surface area (Å²) >= 11 is 0. The van der Waals surface area contributed by atoms with Crippen molar-refractivity contribution >= 4 is 23.5 Å². The van der Waals surface area contributed by atoms with Crippen molar-refractivity contribution in [2.24, 2.45) is 7.05 Å². The van der Waals surface area contributed by atoms with E-state index in [1.807, 2.05) is 36.9 Å². The van der Waals surface area contributed by atoms with Crippen LogP contribution < -0.4 is 20.9 Å². The number of aryl methyl sites for hydroxylation is 2. The molecule has 0 radical (unpaired) electrons. The van der Waals surface area contributed by atoms with Gasteiger partial charge in [-0.25, -0.2) is 0 Å². The molecule has 0 bridgehead atoms. The zero-order valence-corrected chi connectivity index (χ0v) is 19.7. The summed E-state index contributed by atoms with van der Waals surface area (Å²) in [6.07, 6.45) is 0.623. The maximum Gasteiger partial charge on any atom is 0.255 e. The van der Waals surface area contributed by atoms with Crippen LogP contribution in [0.3, 0.4) is 0 Å². The van der Waals surface area contributed by atoms with Crippen LogP contribution in [0.4, 0.5) is 5.82 Å². The summed E-state index contributed by atoms with van der Waals surface area (Å²) < 4.78 is 1.96. The topological polar surface area (TPSA) is 112 Å². The predicted molar refractivity (Wildman–Crippen MR) is 126 cm³/mol. The van der Waals surface area contributed by atoms with Gasteiger partial charge in [0.2, 0.25) is 11.8 Å². The number of anilines is 1. The molecule has 1 aromatic carbocycles. The lowest BCUT2D eigenvalue weighted by Crippen LogP contribution is -2.52. The Balaban J connectivity index is 1.30. The summed E-state index contributed by atoms with van der Waals surface area (Å²) in [5.74, 6) is 0.344. The summed E-state index contributed by atoms with van der Waals surface area (Å²) in [6.45, 7) is 7.41. The van der Waals surface area contributed by atoms with E-state index in [1.54, 1.807) is 4.90 Å². The van der Waals surface area contributed by atoms with Crippen molar-refractivity contribution < 1.29 is 14.4 Å². The van der Waals surface area contributed by atoms with Gasteiger partial charge in [-0.3, -0.25) is 24.4 Å². The number of rotatable bonds is 6. The molecule has 5 rings (SSSR count). The maximum absolute atomic E-state index is 13.3. The van der Waals surface area contributed by atoms with Crippen LogP contribution in [0.5, 0.6) is 0 Å². The highest BCUT2D eigenvalue weighted by atomic mass is 16.2. The minimum absolute atomic E-state index is 0.138. The normalized spacial score (nSPS) is 20.6. The van der Waals surface area contributed by atoms with Crippen molar-refractivity contribution in [1.82, 2.24) is 30.6 Å². The highest BCUT2D eigenvalue weighted by Gasteiger charge is 2.39. The minimum atomic E-state index is -0.599. The second kappa shape index (κ2) is 9.19. The second-order valence-corrected chi connectivity index (χ2v) is 9.20. The number of hydrogen-bond donors (Lipinski definition) is 3. The summed E-state index contributed by atoms with van der Waals surface area (Å²) in [5.41, 5.74) is 4.69. The monoisotopic (exact) mass is 465 g/mol. The minimum Gasteiger partial charge on any atom is -0.354 e. The molecule has 2 saturated heterocycles. The van der Waals surface area contributed by atoms with Gasteiger partial charge in [0.15, 0.2) is 0 Å². The molecule has 180 valence electrons. The van der Waals surface area contributed by atoms with Crippen molar-refractivity contribution in [2.75, 3.05) is 31.1 Å². The number of hydrogen-bond acceptors (Lipinski definition) is 7. The van der Waals surface area contributed by atoms with Crippen LogP contribution in [-0.2, 0) is 36.3 Å². The number of amides is 3. The Labute approximate surface area is 198 Å². The average molecular weight is 466 g/mol. The third kappa shape index (κ3) is 4.07. The Bertz CT molecular complexity index is 1140. The number of piperazine rings is 1. The highest BCUT2D eigenvalue weighted by molar-refractivity contribution is 6.06. The number of nitrogens with zero attached hydrogens (tertiary/aromatic N) is 4. The van der Waals surface area contributed by atoms with Gasteiger partial charge in [0, 0.05) is 70.4 Å². The Morgan fingerprint density at radius 1 is 1.15 bits per heavy atom. The van der Waals surface area contributed by atoms with Crippen molar-refractivity contribution in [1.29, 1.82) is 0 Å². The van der Waals surface area contributed by atoms with Crippen LogP contribution >= 0.6 is 0 Å². The Kier molecular flexibility index (Phi) is 6.09. The van der Waals surface area contributed by atoms with Gasteiger partial charge >= 0.3 is 0 Å². The molecule has 3 aliphatic rings. The van der Waals surface area contributed by atoms with Crippen LogP contribution in [0.15, 0.2) is 18.2 Å². The molecule has 4 heterocycles. The van der Waals surface area contributed by atoms with Crippen molar-refractivity contribution in [2.45, 2.75) is 45.4 Å². The number of piperidine rings is 1. The van der Waals surface area contributed by atoms with E-state index in [0.29, 0.717) is 31.6 Å². The van der Waals surface area contributed by atoms with E-state index in [2.05, 4.69) is 25.9 Å². The van der Waals surface area contributed by atoms with Crippen LogP contribution in [0.2, 0.25) is 0 Å². The maximum atomic E-state index is 13.3. The SMILES string of the molecule is Cc1nn(C)c(N2CCNCC2)c1CNCc1cccc2c1C(=O)N(C1CCC(=O)NC1=O)C2. The summed E-state index contributed by atoms with van der Waals surface area (Å²) in [5, 5.41) is 13.9. The molecule has 2 aromatic rings. The molecule has 1 aromatic heterocycles. The van der Waals surface area contributed by atoms with Crippen LogP contribution in [0, 0.1) is 6.92 Å². The standard InChI is InChI=1S/C24H31N7O3/c1-15-18(23(29(2)28-15)30-10-8-25-9-11-30)13-26-12-16-4-3-5-17-14-31(24(34)21(16)17)19-6-7-20(32)27-22(19)33/h3-5,19,25-26H,6-14H2,1-2H3,(H,27,32,33). The second-order valence-electron chi connectivity index (χ2n) is 9.20. The third-order valence-corrected chi connectivity index (χ3v) is 6.99. The number of aromatic nitrogens is 2. The molecule has 34 heavy (non-hydrogen) atoms. The number of nitrogens with one attached hydrogen (secondary N) is 3. The van der Waals surface area contributed by atoms with Gasteiger partial charge in [0.05, 0.1) is 5.69 Å². The van der Waals surface area contributed by atoms with Gasteiger partial charge in [0.25, 0.3) is 5.91 Å². The van der Waals surface area contributed by atoms with Crippen molar-refractivity contribution in [3.8, 4) is 0 Å². The van der Waals surface area contributed by atoms with Crippen molar-refractivity contribution in [3.05, 3.63) is 46.1 Å². The fourth-order valence-electron chi connectivity index (χ4n) is 5.33. The molecule has 10 heteroatoms. The lowest BCUT2D eigenvalue weighted by atomic mass is 10.0. The quantitative estimate of drug-likeness (QED) is 0.522. The first-order valence-corrected chi connectivity index (χ1v) is 11.9. The van der Waals surface area contributed by atoms with Crippen LogP contribution in [0.1, 0.15) is 45.6 Å². The zero-order chi connectivity index (χ0) is 23.8. The fourth-order valence-corrected chi connectivity index (χ4v) is 5.33. The molecular weight excluding hydrogens is 434 g/mol. The summed E-state index contributed by atoms with van der Waals surface area (Å²) in [4.78, 5) is 41.1. The van der Waals surface area contributed by atoms with E-state index in [1.165, 1.54) is 5.56 Å². The van der Waals surface area contributed by atoms with Gasteiger partial charge in [-0.15, -0.1) is 0 Å². The Morgan fingerprint density at radius 2 is 1.94 bits per heavy atom. The highest BCUT2D eigenvalue weighted by Crippen LogP contribution is 2.30. The first kappa shape index (κ1) is 22.5. The van der Waals surface area contributed by atoms with Crippen LogP contribution in [-0.4, -0.2) is 64.6 Å². The van der Waals surface area contributed by atoms with E-state index in [9.17, 15) is 14.4 Å². The van der Waals surface area contributed by atoms with Gasteiger partial charge in [-0.2, -0.15) is 5.10 Å². The molecule has 10 nitrogen and oxygen atoms in total. The Hall–Kier alpha value is -3.24. The third-order valence-electron chi connectivity index (χ3n) is 6.99. The molecule has 3 N–H and O–H groups in total. The molecule has 3 aliphatic heterocycles. The summed E-state index contributed by atoms with van der Waals surface area (Å²) in [6, 6.07) is 5.26. The van der Waals surface area contributed by atoms with E-state index in [0.717, 1.165) is 48.8 Å². The van der Waals surface area contributed by atoms with Crippen LogP contribution in [0.25, 0.3) is 0 Å². The average Bonchev–Trinajstić information content (AvgIpc) is 3.30. The molecule has 0 saturated carbocycles. The number of imide groups is 1. The summed E-state index contributed by atoms with van der Waals surface area (Å²) in [7, 11) is 1.99. The van der Waals surface area contributed by atoms with E-state index in [4.69, 9.17) is 0 Å². The first-order chi connectivity index (χ1) is 16.4. The smallest absolute Gasteiger partial charge is 0.255 e. The first-order valence-electron chi connectivity index (χ1n) is 11.9. The lowest BCUT2D eigenvalue weighted by Gasteiger charge is -2.30. The lowest BCUT2D eigenvalue weighted by molar-refractivity contribution is -0.136. The van der Waals surface area contributed by atoms with Gasteiger partial charge in [0.1, 0.15) is 11.9 Å². The number of fused-ring (bicyclic) bond motifs is 1. The van der Waals surface area contributed by atoms with E-state index < -0.39 is 6.04 Å². The van der Waals surface area contributed by atoms with Gasteiger partial charge in [-0.05, 0) is 24.5 Å². The zero-order valence-electron chi connectivity index (χ0n) is 19.7. The molecule has 0 aliphatic carbocycles. The number of carbonyl (C=O) groups excluding carboxylic acids is 3.